The summed E-state index contributed by atoms with van der Waals surface area (Å²) in [7, 11) is 0. The van der Waals surface area contributed by atoms with E-state index in [0.717, 1.165) is 0 Å². The fourth-order valence-corrected chi connectivity index (χ4v) is 0.917. The van der Waals surface area contributed by atoms with E-state index in [1.807, 2.05) is 0 Å². The number of esters is 2. The first kappa shape index (κ1) is 6.14. The average molecular weight is 158 g/mol. The van der Waals surface area contributed by atoms with Crippen molar-refractivity contribution in [3.05, 3.63) is 0 Å². The molecule has 2 fully saturated rings. The Kier molecular flexibility index (Phi) is 0.957. The van der Waals surface area contributed by atoms with E-state index in [9.17, 15) is 14.4 Å². The maximum absolute atomic E-state index is 10.6. The first-order chi connectivity index (χ1) is 5.18. The van der Waals surface area contributed by atoms with Gasteiger partial charge in [0, 0.05) is 0 Å². The Morgan fingerprint density at radius 3 is 1.82 bits per heavy atom. The highest BCUT2D eigenvalue weighted by molar-refractivity contribution is 6.02. The zero-order valence-electron chi connectivity index (χ0n) is 5.10. The van der Waals surface area contributed by atoms with E-state index >= 15 is 0 Å². The van der Waals surface area contributed by atoms with E-state index < -0.39 is 30.3 Å². The quantitative estimate of drug-likeness (QED) is 0.331. The van der Waals surface area contributed by atoms with Crippen LogP contribution in [0.2, 0.25) is 0 Å². The van der Waals surface area contributed by atoms with Gasteiger partial charge in [-0.25, -0.2) is 14.4 Å². The highest BCUT2D eigenvalue weighted by atomic mass is 16.8. The molecule has 58 valence electrons. The summed E-state index contributed by atoms with van der Waals surface area (Å²) < 4.78 is 12.7. The smallest absolute Gasteiger partial charge is 0.414 e. The molecule has 0 aromatic rings. The number of carbonyl (C=O) groups excluding carboxylic acids is 3. The number of fused-ring (bicyclic) bond motifs is 1. The lowest BCUT2D eigenvalue weighted by Crippen LogP contribution is -2.24. The Bertz CT molecular complexity index is 232. The fraction of sp³-hybridized carbons (Fsp3) is 0.400. The minimum Gasteiger partial charge on any atom is -0.414 e. The second-order valence-corrected chi connectivity index (χ2v) is 2.07. The lowest BCUT2D eigenvalue weighted by atomic mass is 10.2. The van der Waals surface area contributed by atoms with E-state index in [-0.39, 0.29) is 0 Å². The molecule has 2 heterocycles. The van der Waals surface area contributed by atoms with Gasteiger partial charge in [-0.3, -0.25) is 0 Å². The molecule has 6 nitrogen and oxygen atoms in total. The van der Waals surface area contributed by atoms with E-state index in [0.29, 0.717) is 0 Å². The summed E-state index contributed by atoms with van der Waals surface area (Å²) in [6.07, 6.45) is -3.38. The van der Waals surface area contributed by atoms with Gasteiger partial charge in [0.15, 0.2) is 0 Å². The van der Waals surface area contributed by atoms with Crippen LogP contribution >= 0.6 is 0 Å². The van der Waals surface area contributed by atoms with Crippen molar-refractivity contribution in [2.45, 2.75) is 12.2 Å². The van der Waals surface area contributed by atoms with E-state index in [2.05, 4.69) is 14.2 Å². The van der Waals surface area contributed by atoms with Gasteiger partial charge in [-0.2, -0.15) is 0 Å². The molecule has 0 spiro atoms. The highest BCUT2D eigenvalue weighted by Gasteiger charge is 2.55. The van der Waals surface area contributed by atoms with Crippen LogP contribution in [0.25, 0.3) is 0 Å². The molecule has 0 bridgehead atoms. The van der Waals surface area contributed by atoms with E-state index in [1.54, 1.807) is 0 Å². The van der Waals surface area contributed by atoms with Crippen molar-refractivity contribution in [2.24, 2.45) is 0 Å². The van der Waals surface area contributed by atoms with Crippen LogP contribution in [-0.2, 0) is 23.8 Å². The average Bonchev–Trinajstić information content (AvgIpc) is 2.38. The Morgan fingerprint density at radius 2 is 1.36 bits per heavy atom. The number of cyclic esters (lactones) is 2. The molecule has 2 unspecified atom stereocenters. The molecule has 6 heteroatoms. The molecule has 2 aliphatic heterocycles. The Hall–Kier alpha value is -1.59. The van der Waals surface area contributed by atoms with Gasteiger partial charge in [-0.05, 0) is 0 Å². The molecule has 0 radical (unpaired) electrons. The minimum atomic E-state index is -1.19. The van der Waals surface area contributed by atoms with Crippen LogP contribution in [0.3, 0.4) is 0 Å². The first-order valence-corrected chi connectivity index (χ1v) is 2.81. The molecule has 11 heavy (non-hydrogen) atoms. The lowest BCUT2D eigenvalue weighted by Gasteiger charge is -1.93. The Labute approximate surface area is 60.0 Å². The Morgan fingerprint density at radius 1 is 0.909 bits per heavy atom. The largest absolute Gasteiger partial charge is 0.510 e. The summed E-state index contributed by atoms with van der Waals surface area (Å²) in [5.41, 5.74) is 0. The predicted octanol–water partition coefficient (Wildman–Crippen LogP) is -1.03. The van der Waals surface area contributed by atoms with Crippen molar-refractivity contribution in [1.29, 1.82) is 0 Å². The SMILES string of the molecule is O=C1OC2C(=O)OC(=O)C2O1. The summed E-state index contributed by atoms with van der Waals surface area (Å²) >= 11 is 0. The third kappa shape index (κ3) is 0.688. The van der Waals surface area contributed by atoms with Gasteiger partial charge < -0.3 is 14.2 Å². The maximum Gasteiger partial charge on any atom is 0.510 e. The van der Waals surface area contributed by atoms with Crippen LogP contribution in [0, 0.1) is 0 Å². The number of hydrogen-bond donors (Lipinski definition) is 0. The topological polar surface area (TPSA) is 78.9 Å². The molecule has 2 atom stereocenters. The highest BCUT2D eigenvalue weighted by Crippen LogP contribution is 2.23. The van der Waals surface area contributed by atoms with Crippen LogP contribution in [0.5, 0.6) is 0 Å². The predicted molar refractivity (Wildman–Crippen MR) is 26.2 cm³/mol. The van der Waals surface area contributed by atoms with Crippen LogP contribution in [-0.4, -0.2) is 30.3 Å². The summed E-state index contributed by atoms with van der Waals surface area (Å²) in [5.74, 6) is -1.74. The number of hydrogen-bond acceptors (Lipinski definition) is 6. The molecule has 0 aromatic carbocycles. The monoisotopic (exact) mass is 158 g/mol. The molecular weight excluding hydrogens is 156 g/mol. The molecule has 2 aliphatic rings. The molecule has 2 saturated heterocycles. The summed E-state index contributed by atoms with van der Waals surface area (Å²) in [6, 6.07) is 0. The molecule has 0 saturated carbocycles. The summed E-state index contributed by atoms with van der Waals surface area (Å²) in [6.45, 7) is 0. The third-order valence-electron chi connectivity index (χ3n) is 1.39. The Balaban J connectivity index is 2.29. The van der Waals surface area contributed by atoms with Crippen molar-refractivity contribution >= 4 is 18.1 Å². The van der Waals surface area contributed by atoms with Crippen molar-refractivity contribution in [1.82, 2.24) is 0 Å². The third-order valence-corrected chi connectivity index (χ3v) is 1.39. The van der Waals surface area contributed by atoms with Crippen LogP contribution < -0.4 is 0 Å². The van der Waals surface area contributed by atoms with E-state index in [4.69, 9.17) is 0 Å². The van der Waals surface area contributed by atoms with Crippen molar-refractivity contribution in [3.63, 3.8) is 0 Å². The van der Waals surface area contributed by atoms with Gasteiger partial charge in [0.25, 0.3) is 12.2 Å². The number of carbonyl (C=O) groups is 3. The van der Waals surface area contributed by atoms with Crippen LogP contribution in [0.1, 0.15) is 0 Å². The number of rotatable bonds is 0. The molecule has 0 N–H and O–H groups in total. The zero-order chi connectivity index (χ0) is 8.01. The second-order valence-electron chi connectivity index (χ2n) is 2.07. The molecule has 0 aliphatic carbocycles. The van der Waals surface area contributed by atoms with E-state index in [1.165, 1.54) is 0 Å². The lowest BCUT2D eigenvalue weighted by molar-refractivity contribution is -0.157. The molecular formula is C5H2O6. The zero-order valence-corrected chi connectivity index (χ0v) is 5.10. The van der Waals surface area contributed by atoms with Gasteiger partial charge in [0.2, 0.25) is 0 Å². The fourth-order valence-electron chi connectivity index (χ4n) is 0.917. The van der Waals surface area contributed by atoms with Gasteiger partial charge >= 0.3 is 18.1 Å². The van der Waals surface area contributed by atoms with Gasteiger partial charge in [-0.15, -0.1) is 0 Å². The second kappa shape index (κ2) is 1.71. The summed E-state index contributed by atoms with van der Waals surface area (Å²) in [5, 5.41) is 0. The maximum atomic E-state index is 10.6. The molecule has 0 aromatic heterocycles. The van der Waals surface area contributed by atoms with Crippen molar-refractivity contribution in [3.8, 4) is 0 Å². The minimum absolute atomic E-state index is 0.870. The van der Waals surface area contributed by atoms with Gasteiger partial charge in [0.1, 0.15) is 0 Å². The molecule has 2 rings (SSSR count). The van der Waals surface area contributed by atoms with Gasteiger partial charge in [0.05, 0.1) is 0 Å². The normalized spacial score (nSPS) is 34.4. The van der Waals surface area contributed by atoms with Crippen molar-refractivity contribution in [2.75, 3.05) is 0 Å². The summed E-state index contributed by atoms with van der Waals surface area (Å²) in [4.78, 5) is 31.6. The number of ether oxygens (including phenoxy) is 3. The van der Waals surface area contributed by atoms with Gasteiger partial charge in [-0.1, -0.05) is 0 Å². The van der Waals surface area contributed by atoms with Crippen LogP contribution in [0.4, 0.5) is 4.79 Å². The first-order valence-electron chi connectivity index (χ1n) is 2.81. The van der Waals surface area contributed by atoms with Crippen LogP contribution in [0.15, 0.2) is 0 Å². The van der Waals surface area contributed by atoms with Crippen molar-refractivity contribution < 1.29 is 28.6 Å². The molecule has 0 amide bonds. The standard InChI is InChI=1S/C5H2O6/c6-3-1-2(4(7)11-3)10-5(8)9-1/h1-2H.